The minimum absolute atomic E-state index is 0.0898. The van der Waals surface area contributed by atoms with E-state index in [4.69, 9.17) is 19.3 Å². The van der Waals surface area contributed by atoms with Crippen LogP contribution >= 0.6 is 0 Å². The van der Waals surface area contributed by atoms with Crippen molar-refractivity contribution in [1.82, 2.24) is 0 Å². The van der Waals surface area contributed by atoms with Gasteiger partial charge in [-0.25, -0.2) is 9.59 Å². The van der Waals surface area contributed by atoms with E-state index in [1.807, 2.05) is 0 Å². The van der Waals surface area contributed by atoms with Gasteiger partial charge in [-0.1, -0.05) is 24.3 Å². The third kappa shape index (κ3) is 7.96. The molecule has 0 heterocycles. The average Bonchev–Trinajstić information content (AvgIpc) is 2.79. The maximum Gasteiger partial charge on any atom is 0.331 e. The summed E-state index contributed by atoms with van der Waals surface area (Å²) in [5.41, 5.74) is 1.65. The Hall–Kier alpha value is -3.62. The molecule has 31 heavy (non-hydrogen) atoms. The van der Waals surface area contributed by atoms with Crippen LogP contribution in [0.1, 0.15) is 16.7 Å². The Kier molecular flexibility index (Phi) is 9.28. The Morgan fingerprint density at radius 3 is 2.23 bits per heavy atom. The molecule has 0 saturated carbocycles. The Balaban J connectivity index is 1.82. The van der Waals surface area contributed by atoms with Gasteiger partial charge in [0.25, 0.3) is 0 Å². The van der Waals surface area contributed by atoms with E-state index in [1.54, 1.807) is 43.5 Å². The molecule has 1 atom stereocenters. The molecule has 0 radical (unpaired) electrons. The second-order valence-corrected chi connectivity index (χ2v) is 6.36. The van der Waals surface area contributed by atoms with Crippen molar-refractivity contribution in [3.05, 3.63) is 71.3 Å². The maximum atomic E-state index is 11.9. The largest absolute Gasteiger partial charge is 0.508 e. The lowest BCUT2D eigenvalue weighted by Crippen LogP contribution is -2.27. The van der Waals surface area contributed by atoms with Gasteiger partial charge in [0.15, 0.2) is 6.10 Å². The molecule has 0 fully saturated rings. The topological polar surface area (TPSA) is 123 Å². The van der Waals surface area contributed by atoms with Gasteiger partial charge >= 0.3 is 11.9 Å². The first-order chi connectivity index (χ1) is 14.9. The van der Waals surface area contributed by atoms with Crippen LogP contribution in [0.2, 0.25) is 0 Å². The summed E-state index contributed by atoms with van der Waals surface area (Å²) in [4.78, 5) is 23.7. The van der Waals surface area contributed by atoms with Crippen molar-refractivity contribution in [1.29, 1.82) is 0 Å². The number of benzene rings is 2. The molecule has 0 spiro atoms. The van der Waals surface area contributed by atoms with E-state index in [9.17, 15) is 19.8 Å². The van der Waals surface area contributed by atoms with E-state index in [-0.39, 0.29) is 19.0 Å². The van der Waals surface area contributed by atoms with Crippen LogP contribution in [0, 0.1) is 0 Å². The number of carbonyl (C=O) groups excluding carboxylic acids is 2. The Labute approximate surface area is 179 Å². The lowest BCUT2D eigenvalue weighted by atomic mass is 10.1. The highest BCUT2D eigenvalue weighted by molar-refractivity contribution is 5.88. The summed E-state index contributed by atoms with van der Waals surface area (Å²) in [6.45, 7) is -1.14. The molecule has 2 rings (SSSR count). The van der Waals surface area contributed by atoms with E-state index < -0.39 is 24.6 Å². The second kappa shape index (κ2) is 12.2. The summed E-state index contributed by atoms with van der Waals surface area (Å²) in [6, 6.07) is 11.6. The zero-order chi connectivity index (χ0) is 22.6. The van der Waals surface area contributed by atoms with Gasteiger partial charge in [0.1, 0.15) is 18.1 Å². The monoisotopic (exact) mass is 428 g/mol. The van der Waals surface area contributed by atoms with E-state index >= 15 is 0 Å². The van der Waals surface area contributed by atoms with Gasteiger partial charge in [-0.05, 0) is 41.5 Å². The fourth-order valence-corrected chi connectivity index (χ4v) is 2.41. The van der Waals surface area contributed by atoms with Crippen LogP contribution < -0.4 is 4.74 Å². The molecule has 2 aromatic rings. The number of methoxy groups -OCH3 is 1. The number of aromatic hydroxyl groups is 1. The van der Waals surface area contributed by atoms with E-state index in [1.165, 1.54) is 24.3 Å². The molecule has 0 aliphatic heterocycles. The Morgan fingerprint density at radius 1 is 0.968 bits per heavy atom. The Bertz CT molecular complexity index is 931. The molecule has 2 aromatic carbocycles. The summed E-state index contributed by atoms with van der Waals surface area (Å²) in [6.07, 6.45) is 4.28. The summed E-state index contributed by atoms with van der Waals surface area (Å²) in [5.74, 6) is -0.808. The molecule has 8 nitrogen and oxygen atoms in total. The van der Waals surface area contributed by atoms with Gasteiger partial charge in [-0.3, -0.25) is 0 Å². The van der Waals surface area contributed by atoms with Crippen molar-refractivity contribution >= 4 is 24.1 Å². The number of phenols is 1. The van der Waals surface area contributed by atoms with Crippen LogP contribution in [-0.4, -0.2) is 53.7 Å². The highest BCUT2D eigenvalue weighted by atomic mass is 16.6. The normalized spacial score (nSPS) is 12.1. The minimum atomic E-state index is -1.02. The van der Waals surface area contributed by atoms with Crippen molar-refractivity contribution in [2.45, 2.75) is 12.7 Å². The number of rotatable bonds is 10. The minimum Gasteiger partial charge on any atom is -0.508 e. The quantitative estimate of drug-likeness (QED) is 0.388. The molecule has 0 aliphatic carbocycles. The molecule has 0 bridgehead atoms. The summed E-state index contributed by atoms with van der Waals surface area (Å²) in [7, 11) is 1.56. The zero-order valence-corrected chi connectivity index (χ0v) is 16.9. The highest BCUT2D eigenvalue weighted by Gasteiger charge is 2.14. The van der Waals surface area contributed by atoms with E-state index in [0.29, 0.717) is 16.9 Å². The van der Waals surface area contributed by atoms with E-state index in [0.717, 1.165) is 11.6 Å². The lowest BCUT2D eigenvalue weighted by Gasteiger charge is -2.13. The predicted molar refractivity (Wildman–Crippen MR) is 113 cm³/mol. The SMILES string of the molecule is COc1ccc(/C=C/C(=O)OC(CO)COC(=O)/C=C/c2ccc(CO)c(O)c2)cc1. The van der Waals surface area contributed by atoms with Gasteiger partial charge in [0.2, 0.25) is 0 Å². The summed E-state index contributed by atoms with van der Waals surface area (Å²) < 4.78 is 15.1. The van der Waals surface area contributed by atoms with Gasteiger partial charge in [0.05, 0.1) is 20.3 Å². The number of carbonyl (C=O) groups is 2. The zero-order valence-electron chi connectivity index (χ0n) is 16.9. The number of ether oxygens (including phenoxy) is 3. The molecule has 0 saturated heterocycles. The molecule has 164 valence electrons. The first-order valence-electron chi connectivity index (χ1n) is 9.36. The third-order valence-electron chi connectivity index (χ3n) is 4.12. The molecule has 0 aliphatic rings. The fraction of sp³-hybridized carbons (Fsp3) is 0.217. The summed E-state index contributed by atoms with van der Waals surface area (Å²) in [5, 5.41) is 28.1. The van der Waals surface area contributed by atoms with Crippen LogP contribution in [0.15, 0.2) is 54.6 Å². The van der Waals surface area contributed by atoms with Crippen molar-refractivity contribution in [2.24, 2.45) is 0 Å². The van der Waals surface area contributed by atoms with Crippen LogP contribution in [0.3, 0.4) is 0 Å². The fourth-order valence-electron chi connectivity index (χ4n) is 2.41. The highest BCUT2D eigenvalue weighted by Crippen LogP contribution is 2.19. The van der Waals surface area contributed by atoms with Crippen LogP contribution in [0.25, 0.3) is 12.2 Å². The van der Waals surface area contributed by atoms with Crippen LogP contribution in [0.4, 0.5) is 0 Å². The third-order valence-corrected chi connectivity index (χ3v) is 4.12. The van der Waals surface area contributed by atoms with Crippen molar-refractivity contribution in [2.75, 3.05) is 20.3 Å². The number of hydrogen-bond donors (Lipinski definition) is 3. The van der Waals surface area contributed by atoms with E-state index in [2.05, 4.69) is 0 Å². The van der Waals surface area contributed by atoms with Crippen molar-refractivity contribution in [3.63, 3.8) is 0 Å². The Morgan fingerprint density at radius 2 is 1.61 bits per heavy atom. The van der Waals surface area contributed by atoms with Gasteiger partial charge < -0.3 is 29.5 Å². The van der Waals surface area contributed by atoms with Crippen LogP contribution in [-0.2, 0) is 25.7 Å². The number of hydrogen-bond acceptors (Lipinski definition) is 8. The van der Waals surface area contributed by atoms with Crippen molar-refractivity contribution < 1.29 is 39.1 Å². The predicted octanol–water partition coefficient (Wildman–Crippen LogP) is 2.07. The first kappa shape index (κ1) is 23.7. The molecular weight excluding hydrogens is 404 g/mol. The van der Waals surface area contributed by atoms with Gasteiger partial charge in [0, 0.05) is 17.7 Å². The molecule has 8 heteroatoms. The maximum absolute atomic E-state index is 11.9. The molecule has 1 unspecified atom stereocenters. The van der Waals surface area contributed by atoms with Gasteiger partial charge in [-0.15, -0.1) is 0 Å². The van der Waals surface area contributed by atoms with Crippen LogP contribution in [0.5, 0.6) is 11.5 Å². The van der Waals surface area contributed by atoms with Gasteiger partial charge in [-0.2, -0.15) is 0 Å². The lowest BCUT2D eigenvalue weighted by molar-refractivity contribution is -0.154. The second-order valence-electron chi connectivity index (χ2n) is 6.36. The molecular formula is C23H24O8. The first-order valence-corrected chi connectivity index (χ1v) is 9.36. The number of esters is 2. The molecule has 0 aromatic heterocycles. The molecule has 3 N–H and O–H groups in total. The number of aliphatic hydroxyl groups is 2. The number of aliphatic hydroxyl groups excluding tert-OH is 2. The summed E-state index contributed by atoms with van der Waals surface area (Å²) >= 11 is 0. The standard InChI is InChI=1S/C23H24O8/c1-29-19-8-3-16(4-9-19)5-11-23(28)31-20(14-25)15-30-22(27)10-6-17-2-7-18(13-24)21(26)12-17/h2-12,20,24-26H,13-15H2,1H3/b10-6+,11-5+. The average molecular weight is 428 g/mol. The van der Waals surface area contributed by atoms with Crippen molar-refractivity contribution in [3.8, 4) is 11.5 Å². The smallest absolute Gasteiger partial charge is 0.331 e. The molecule has 0 amide bonds.